The second-order valence-corrected chi connectivity index (χ2v) is 7.41. The van der Waals surface area contributed by atoms with Crippen molar-refractivity contribution >= 4 is 11.6 Å². The molecule has 1 aromatic heterocycles. The third kappa shape index (κ3) is 5.80. The molecule has 0 radical (unpaired) electrons. The van der Waals surface area contributed by atoms with Gasteiger partial charge < -0.3 is 10.1 Å². The largest absolute Gasteiger partial charge is 0.489 e. The molecule has 1 amide bonds. The molecule has 31 heavy (non-hydrogen) atoms. The second-order valence-electron chi connectivity index (χ2n) is 7.41. The van der Waals surface area contributed by atoms with E-state index in [1.807, 2.05) is 97.9 Å². The molecular formula is C27H24N2O2. The number of hydrogen-bond acceptors (Lipinski definition) is 3. The molecule has 0 unspecified atom stereocenters. The molecule has 154 valence electrons. The summed E-state index contributed by atoms with van der Waals surface area (Å²) in [6.45, 7) is 2.47. The Balaban J connectivity index is 1.34. The van der Waals surface area contributed by atoms with Crippen LogP contribution in [0.1, 0.15) is 16.8 Å². The molecule has 0 aliphatic heterocycles. The van der Waals surface area contributed by atoms with Crippen molar-refractivity contribution in [1.29, 1.82) is 0 Å². The minimum absolute atomic E-state index is 0.0623. The van der Waals surface area contributed by atoms with E-state index in [4.69, 9.17) is 4.74 Å². The Hall–Kier alpha value is -3.92. The highest BCUT2D eigenvalue weighted by atomic mass is 16.5. The Morgan fingerprint density at radius 3 is 2.39 bits per heavy atom. The number of amides is 1. The number of benzene rings is 3. The smallest absolute Gasteiger partial charge is 0.228 e. The molecule has 4 aromatic rings. The van der Waals surface area contributed by atoms with E-state index in [9.17, 15) is 4.79 Å². The molecule has 3 aromatic carbocycles. The van der Waals surface area contributed by atoms with Crippen LogP contribution >= 0.6 is 0 Å². The van der Waals surface area contributed by atoms with Crippen molar-refractivity contribution in [3.05, 3.63) is 114 Å². The average Bonchev–Trinajstić information content (AvgIpc) is 2.79. The van der Waals surface area contributed by atoms with Crippen molar-refractivity contribution in [1.82, 2.24) is 4.98 Å². The number of nitrogens with one attached hydrogen (secondary N) is 1. The zero-order valence-corrected chi connectivity index (χ0v) is 17.4. The van der Waals surface area contributed by atoms with Gasteiger partial charge in [-0.25, -0.2) is 0 Å². The summed E-state index contributed by atoms with van der Waals surface area (Å²) in [5.41, 5.74) is 5.97. The fraction of sp³-hybridized carbons (Fsp3) is 0.111. The number of ether oxygens (including phenoxy) is 1. The van der Waals surface area contributed by atoms with Gasteiger partial charge in [0.15, 0.2) is 0 Å². The maximum absolute atomic E-state index is 12.5. The molecular weight excluding hydrogens is 384 g/mol. The van der Waals surface area contributed by atoms with Crippen LogP contribution in [0, 0.1) is 6.92 Å². The van der Waals surface area contributed by atoms with Gasteiger partial charge in [-0.1, -0.05) is 54.6 Å². The maximum atomic E-state index is 12.5. The summed E-state index contributed by atoms with van der Waals surface area (Å²) >= 11 is 0. The van der Waals surface area contributed by atoms with Gasteiger partial charge in [0.05, 0.1) is 6.42 Å². The van der Waals surface area contributed by atoms with Crippen molar-refractivity contribution in [2.75, 3.05) is 5.32 Å². The van der Waals surface area contributed by atoms with Crippen molar-refractivity contribution in [2.45, 2.75) is 20.0 Å². The van der Waals surface area contributed by atoms with E-state index in [-0.39, 0.29) is 12.3 Å². The van der Waals surface area contributed by atoms with Gasteiger partial charge in [-0.15, -0.1) is 0 Å². The number of carbonyl (C=O) groups is 1. The summed E-state index contributed by atoms with van der Waals surface area (Å²) in [6.07, 6.45) is 2.09. The lowest BCUT2D eigenvalue weighted by Crippen LogP contribution is -2.14. The summed E-state index contributed by atoms with van der Waals surface area (Å²) in [5, 5.41) is 2.97. The predicted octanol–water partition coefficient (Wildman–Crippen LogP) is 5.82. The number of hydrogen-bond donors (Lipinski definition) is 1. The van der Waals surface area contributed by atoms with Crippen LogP contribution < -0.4 is 10.1 Å². The Labute approximate surface area is 182 Å². The SMILES string of the molecule is Cc1cc(-c2ccc(NC(=O)Cc3cccc(OCc4ccccc4)c3)cc2)ccn1. The molecule has 0 bridgehead atoms. The van der Waals surface area contributed by atoms with E-state index >= 15 is 0 Å². The first-order chi connectivity index (χ1) is 15.2. The van der Waals surface area contributed by atoms with Gasteiger partial charge in [0.25, 0.3) is 0 Å². The first-order valence-electron chi connectivity index (χ1n) is 10.2. The van der Waals surface area contributed by atoms with E-state index in [0.29, 0.717) is 6.61 Å². The van der Waals surface area contributed by atoms with E-state index in [1.54, 1.807) is 6.20 Å². The summed E-state index contributed by atoms with van der Waals surface area (Å²) < 4.78 is 5.86. The Morgan fingerprint density at radius 2 is 1.61 bits per heavy atom. The third-order valence-electron chi connectivity index (χ3n) is 4.91. The van der Waals surface area contributed by atoms with Gasteiger partial charge >= 0.3 is 0 Å². The van der Waals surface area contributed by atoms with E-state index < -0.39 is 0 Å². The monoisotopic (exact) mass is 408 g/mol. The molecule has 0 aliphatic carbocycles. The predicted molar refractivity (Wildman–Crippen MR) is 124 cm³/mol. The van der Waals surface area contributed by atoms with Crippen molar-refractivity contribution in [3.63, 3.8) is 0 Å². The minimum Gasteiger partial charge on any atom is -0.489 e. The lowest BCUT2D eigenvalue weighted by Gasteiger charge is -2.09. The van der Waals surface area contributed by atoms with E-state index in [1.165, 1.54) is 0 Å². The molecule has 1 N–H and O–H groups in total. The molecule has 4 nitrogen and oxygen atoms in total. The second kappa shape index (κ2) is 9.72. The molecule has 0 fully saturated rings. The first kappa shape index (κ1) is 20.4. The average molecular weight is 409 g/mol. The van der Waals surface area contributed by atoms with Crippen LogP contribution in [0.4, 0.5) is 5.69 Å². The fourth-order valence-electron chi connectivity index (χ4n) is 3.35. The number of pyridine rings is 1. The summed E-state index contributed by atoms with van der Waals surface area (Å²) in [7, 11) is 0. The van der Waals surface area contributed by atoms with Crippen LogP contribution in [0.15, 0.2) is 97.2 Å². The summed E-state index contributed by atoms with van der Waals surface area (Å²) in [4.78, 5) is 16.7. The Bertz CT molecular complexity index is 1160. The van der Waals surface area contributed by atoms with Gasteiger partial charge in [-0.3, -0.25) is 9.78 Å². The topological polar surface area (TPSA) is 51.2 Å². The fourth-order valence-corrected chi connectivity index (χ4v) is 3.35. The molecule has 0 spiro atoms. The van der Waals surface area contributed by atoms with Crippen LogP contribution in [-0.2, 0) is 17.8 Å². The summed E-state index contributed by atoms with van der Waals surface area (Å²) in [5.74, 6) is 0.693. The van der Waals surface area contributed by atoms with Crippen LogP contribution in [0.25, 0.3) is 11.1 Å². The maximum Gasteiger partial charge on any atom is 0.228 e. The molecule has 4 rings (SSSR count). The zero-order chi connectivity index (χ0) is 21.5. The van der Waals surface area contributed by atoms with Crippen molar-refractivity contribution in [3.8, 4) is 16.9 Å². The number of aryl methyl sites for hydroxylation is 1. The quantitative estimate of drug-likeness (QED) is 0.419. The third-order valence-corrected chi connectivity index (χ3v) is 4.91. The molecule has 0 saturated heterocycles. The standard InChI is InChI=1S/C27H24N2O2/c1-20-16-24(14-15-28-20)23-10-12-25(13-11-23)29-27(30)18-22-8-5-9-26(17-22)31-19-21-6-3-2-4-7-21/h2-17H,18-19H2,1H3,(H,29,30). The first-order valence-corrected chi connectivity index (χ1v) is 10.2. The molecule has 4 heteroatoms. The van der Waals surface area contributed by atoms with Crippen LogP contribution in [0.2, 0.25) is 0 Å². The van der Waals surface area contributed by atoms with Gasteiger partial charge in [0.2, 0.25) is 5.91 Å². The lowest BCUT2D eigenvalue weighted by molar-refractivity contribution is -0.115. The normalized spacial score (nSPS) is 10.5. The highest BCUT2D eigenvalue weighted by Gasteiger charge is 2.07. The molecule has 0 saturated carbocycles. The van der Waals surface area contributed by atoms with Crippen LogP contribution in [-0.4, -0.2) is 10.9 Å². The van der Waals surface area contributed by atoms with Crippen molar-refractivity contribution in [2.24, 2.45) is 0 Å². The van der Waals surface area contributed by atoms with Gasteiger partial charge in [0, 0.05) is 17.6 Å². The van der Waals surface area contributed by atoms with E-state index in [2.05, 4.69) is 10.3 Å². The molecule has 0 atom stereocenters. The summed E-state index contributed by atoms with van der Waals surface area (Å²) in [6, 6.07) is 29.5. The minimum atomic E-state index is -0.0623. The lowest BCUT2D eigenvalue weighted by atomic mass is 10.1. The van der Waals surface area contributed by atoms with Gasteiger partial charge in [0.1, 0.15) is 12.4 Å². The molecule has 1 heterocycles. The van der Waals surface area contributed by atoms with Gasteiger partial charge in [-0.05, 0) is 65.6 Å². The number of carbonyl (C=O) groups excluding carboxylic acids is 1. The number of rotatable bonds is 7. The number of aromatic nitrogens is 1. The molecule has 0 aliphatic rings. The zero-order valence-electron chi connectivity index (χ0n) is 17.4. The van der Waals surface area contributed by atoms with Crippen LogP contribution in [0.5, 0.6) is 5.75 Å². The highest BCUT2D eigenvalue weighted by molar-refractivity contribution is 5.92. The number of anilines is 1. The highest BCUT2D eigenvalue weighted by Crippen LogP contribution is 2.22. The van der Waals surface area contributed by atoms with Crippen LogP contribution in [0.3, 0.4) is 0 Å². The number of nitrogens with zero attached hydrogens (tertiary/aromatic N) is 1. The van der Waals surface area contributed by atoms with Gasteiger partial charge in [-0.2, -0.15) is 0 Å². The van der Waals surface area contributed by atoms with E-state index in [0.717, 1.165) is 39.4 Å². The Morgan fingerprint density at radius 1 is 0.839 bits per heavy atom. The van der Waals surface area contributed by atoms with Crippen molar-refractivity contribution < 1.29 is 9.53 Å². The Kier molecular flexibility index (Phi) is 6.38.